The van der Waals surface area contributed by atoms with Crippen molar-refractivity contribution >= 4 is 10.0 Å². The number of unbranched alkanes of at least 4 members (excludes halogenated alkanes) is 1. The summed E-state index contributed by atoms with van der Waals surface area (Å²) in [7, 11) is -3.14. The van der Waals surface area contributed by atoms with Gasteiger partial charge in [0.25, 0.3) is 0 Å². The Balaban J connectivity index is 1.59. The SMILES string of the molecule is CC(NS(=O)(=O)CCCCNC1CC1)C1CCOC1. The second-order valence-corrected chi connectivity index (χ2v) is 7.66. The quantitative estimate of drug-likeness (QED) is 0.618. The Labute approximate surface area is 116 Å². The maximum absolute atomic E-state index is 11.9. The number of hydrogen-bond acceptors (Lipinski definition) is 4. The molecule has 2 rings (SSSR count). The number of hydrogen-bond donors (Lipinski definition) is 2. The summed E-state index contributed by atoms with van der Waals surface area (Å²) in [5, 5.41) is 3.40. The van der Waals surface area contributed by atoms with Gasteiger partial charge in [0.05, 0.1) is 12.4 Å². The zero-order chi connectivity index (χ0) is 13.7. The number of rotatable bonds is 9. The molecule has 6 heteroatoms. The Hall–Kier alpha value is -0.170. The van der Waals surface area contributed by atoms with Crippen LogP contribution in [0.25, 0.3) is 0 Å². The molecular formula is C13H26N2O3S. The van der Waals surface area contributed by atoms with Crippen LogP contribution >= 0.6 is 0 Å². The summed E-state index contributed by atoms with van der Waals surface area (Å²) in [6.07, 6.45) is 5.16. The van der Waals surface area contributed by atoms with E-state index in [1.54, 1.807) is 0 Å². The van der Waals surface area contributed by atoms with Crippen LogP contribution in [0.15, 0.2) is 0 Å². The van der Waals surface area contributed by atoms with Crippen LogP contribution in [-0.4, -0.2) is 46.0 Å². The maximum atomic E-state index is 11.9. The van der Waals surface area contributed by atoms with Crippen molar-refractivity contribution in [1.82, 2.24) is 10.0 Å². The van der Waals surface area contributed by atoms with E-state index in [-0.39, 0.29) is 11.8 Å². The molecule has 1 saturated heterocycles. The molecule has 2 unspecified atom stereocenters. The van der Waals surface area contributed by atoms with E-state index in [1.165, 1.54) is 12.8 Å². The van der Waals surface area contributed by atoms with Gasteiger partial charge in [-0.2, -0.15) is 0 Å². The first-order valence-electron chi connectivity index (χ1n) is 7.38. The molecule has 19 heavy (non-hydrogen) atoms. The van der Waals surface area contributed by atoms with Crippen LogP contribution in [-0.2, 0) is 14.8 Å². The minimum Gasteiger partial charge on any atom is -0.381 e. The van der Waals surface area contributed by atoms with Gasteiger partial charge in [0.1, 0.15) is 0 Å². The van der Waals surface area contributed by atoms with Crippen LogP contribution in [0.4, 0.5) is 0 Å². The van der Waals surface area contributed by atoms with Crippen LogP contribution in [0.1, 0.15) is 39.0 Å². The monoisotopic (exact) mass is 290 g/mol. The number of sulfonamides is 1. The molecule has 0 amide bonds. The van der Waals surface area contributed by atoms with Crippen molar-refractivity contribution in [1.29, 1.82) is 0 Å². The molecule has 0 aromatic heterocycles. The smallest absolute Gasteiger partial charge is 0.211 e. The summed E-state index contributed by atoms with van der Waals surface area (Å²) < 4.78 is 31.9. The Kier molecular flexibility index (Phi) is 5.62. The Morgan fingerprint density at radius 3 is 2.68 bits per heavy atom. The largest absolute Gasteiger partial charge is 0.381 e. The summed E-state index contributed by atoms with van der Waals surface area (Å²) in [5.74, 6) is 0.559. The Morgan fingerprint density at radius 1 is 1.26 bits per heavy atom. The lowest BCUT2D eigenvalue weighted by atomic mass is 10.0. The van der Waals surface area contributed by atoms with E-state index in [2.05, 4.69) is 10.0 Å². The Morgan fingerprint density at radius 2 is 2.05 bits per heavy atom. The van der Waals surface area contributed by atoms with Gasteiger partial charge in [-0.25, -0.2) is 13.1 Å². The van der Waals surface area contributed by atoms with E-state index in [0.717, 1.165) is 32.4 Å². The zero-order valence-electron chi connectivity index (χ0n) is 11.7. The summed E-state index contributed by atoms with van der Waals surface area (Å²) in [5.41, 5.74) is 0. The summed E-state index contributed by atoms with van der Waals surface area (Å²) >= 11 is 0. The van der Waals surface area contributed by atoms with Crippen molar-refractivity contribution in [3.63, 3.8) is 0 Å². The van der Waals surface area contributed by atoms with E-state index in [1.807, 2.05) is 6.92 Å². The second-order valence-electron chi connectivity index (χ2n) is 5.78. The van der Waals surface area contributed by atoms with Crippen molar-refractivity contribution in [2.24, 2.45) is 5.92 Å². The van der Waals surface area contributed by atoms with Crippen molar-refractivity contribution in [3.8, 4) is 0 Å². The minimum absolute atomic E-state index is 0.0166. The lowest BCUT2D eigenvalue weighted by molar-refractivity contribution is 0.180. The predicted molar refractivity (Wildman–Crippen MR) is 75.6 cm³/mol. The fourth-order valence-electron chi connectivity index (χ4n) is 2.40. The molecule has 0 spiro atoms. The average Bonchev–Trinajstić information content (AvgIpc) is 3.00. The molecule has 1 aliphatic heterocycles. The van der Waals surface area contributed by atoms with Gasteiger partial charge >= 0.3 is 0 Å². The lowest BCUT2D eigenvalue weighted by Crippen LogP contribution is -2.39. The topological polar surface area (TPSA) is 67.4 Å². The van der Waals surface area contributed by atoms with Gasteiger partial charge in [0.2, 0.25) is 10.0 Å². The molecule has 0 aromatic rings. The molecular weight excluding hydrogens is 264 g/mol. The highest BCUT2D eigenvalue weighted by molar-refractivity contribution is 7.89. The van der Waals surface area contributed by atoms with Gasteiger partial charge in [-0.3, -0.25) is 0 Å². The first-order valence-corrected chi connectivity index (χ1v) is 9.03. The van der Waals surface area contributed by atoms with E-state index in [0.29, 0.717) is 18.6 Å². The molecule has 2 atom stereocenters. The highest BCUT2D eigenvalue weighted by atomic mass is 32.2. The molecule has 0 aromatic carbocycles. The van der Waals surface area contributed by atoms with E-state index in [9.17, 15) is 8.42 Å². The second kappa shape index (κ2) is 7.02. The Bertz CT molecular complexity index is 362. The van der Waals surface area contributed by atoms with Gasteiger partial charge < -0.3 is 10.1 Å². The van der Waals surface area contributed by atoms with E-state index >= 15 is 0 Å². The molecule has 2 fully saturated rings. The van der Waals surface area contributed by atoms with Crippen molar-refractivity contribution < 1.29 is 13.2 Å². The normalized spacial score (nSPS) is 25.6. The van der Waals surface area contributed by atoms with Crippen LogP contribution in [0.2, 0.25) is 0 Å². The standard InChI is InChI=1S/C13H26N2O3S/c1-11(12-6-8-18-10-12)15-19(16,17)9-3-2-7-14-13-4-5-13/h11-15H,2-10H2,1H3. The van der Waals surface area contributed by atoms with Gasteiger partial charge in [-0.05, 0) is 45.6 Å². The lowest BCUT2D eigenvalue weighted by Gasteiger charge is -2.19. The third-order valence-electron chi connectivity index (χ3n) is 3.89. The van der Waals surface area contributed by atoms with Crippen molar-refractivity contribution in [2.45, 2.75) is 51.1 Å². The highest BCUT2D eigenvalue weighted by Gasteiger charge is 2.25. The third-order valence-corrected chi connectivity index (χ3v) is 5.44. The first-order chi connectivity index (χ1) is 9.07. The molecule has 0 bridgehead atoms. The van der Waals surface area contributed by atoms with Crippen LogP contribution in [0.5, 0.6) is 0 Å². The van der Waals surface area contributed by atoms with Crippen LogP contribution in [0, 0.1) is 5.92 Å². The van der Waals surface area contributed by atoms with Gasteiger partial charge in [-0.15, -0.1) is 0 Å². The summed E-state index contributed by atoms with van der Waals surface area (Å²) in [6.45, 7) is 4.30. The highest BCUT2D eigenvalue weighted by Crippen LogP contribution is 2.18. The van der Waals surface area contributed by atoms with Crippen molar-refractivity contribution in [3.05, 3.63) is 0 Å². The summed E-state index contributed by atoms with van der Waals surface area (Å²) in [6, 6.07) is 0.689. The number of nitrogens with one attached hydrogen (secondary N) is 2. The molecule has 5 nitrogen and oxygen atoms in total. The molecule has 1 aliphatic carbocycles. The average molecular weight is 290 g/mol. The van der Waals surface area contributed by atoms with Crippen LogP contribution < -0.4 is 10.0 Å². The first kappa shape index (κ1) is 15.2. The molecule has 0 radical (unpaired) electrons. The van der Waals surface area contributed by atoms with Gasteiger partial charge in [0, 0.05) is 24.6 Å². The zero-order valence-corrected chi connectivity index (χ0v) is 12.5. The van der Waals surface area contributed by atoms with E-state index in [4.69, 9.17) is 4.74 Å². The fourth-order valence-corrected chi connectivity index (χ4v) is 3.86. The fraction of sp³-hybridized carbons (Fsp3) is 1.00. The van der Waals surface area contributed by atoms with E-state index < -0.39 is 10.0 Å². The minimum atomic E-state index is -3.14. The predicted octanol–water partition coefficient (Wildman–Crippen LogP) is 0.863. The third kappa shape index (κ3) is 5.77. The maximum Gasteiger partial charge on any atom is 0.211 e. The molecule has 1 heterocycles. The van der Waals surface area contributed by atoms with Gasteiger partial charge in [-0.1, -0.05) is 0 Å². The molecule has 2 aliphatic rings. The summed E-state index contributed by atoms with van der Waals surface area (Å²) in [4.78, 5) is 0. The molecule has 1 saturated carbocycles. The van der Waals surface area contributed by atoms with Crippen molar-refractivity contribution in [2.75, 3.05) is 25.5 Å². The van der Waals surface area contributed by atoms with Gasteiger partial charge in [0.15, 0.2) is 0 Å². The molecule has 112 valence electrons. The van der Waals surface area contributed by atoms with Crippen LogP contribution in [0.3, 0.4) is 0 Å². The molecule has 2 N–H and O–H groups in total. The number of ether oxygens (including phenoxy) is 1.